The SMILES string of the molecule is CCCCc1nnc(CNC)o1. The Morgan fingerprint density at radius 3 is 2.75 bits per heavy atom. The molecule has 4 nitrogen and oxygen atoms in total. The van der Waals surface area contributed by atoms with Crippen LogP contribution in [-0.2, 0) is 13.0 Å². The molecule has 0 radical (unpaired) electrons. The van der Waals surface area contributed by atoms with Crippen molar-refractivity contribution < 1.29 is 4.42 Å². The average molecular weight is 169 g/mol. The van der Waals surface area contributed by atoms with E-state index in [1.807, 2.05) is 7.05 Å². The Bertz CT molecular complexity index is 222. The molecule has 12 heavy (non-hydrogen) atoms. The zero-order valence-corrected chi connectivity index (χ0v) is 7.63. The van der Waals surface area contributed by atoms with Crippen molar-refractivity contribution >= 4 is 0 Å². The number of hydrogen-bond donors (Lipinski definition) is 1. The number of nitrogens with one attached hydrogen (secondary N) is 1. The van der Waals surface area contributed by atoms with Crippen LogP contribution in [0.5, 0.6) is 0 Å². The summed E-state index contributed by atoms with van der Waals surface area (Å²) in [5.74, 6) is 1.42. The maximum Gasteiger partial charge on any atom is 0.230 e. The molecule has 0 saturated carbocycles. The first kappa shape index (κ1) is 9.19. The van der Waals surface area contributed by atoms with E-state index < -0.39 is 0 Å². The fourth-order valence-electron chi connectivity index (χ4n) is 0.940. The number of unbranched alkanes of at least 4 members (excludes halogenated alkanes) is 1. The largest absolute Gasteiger partial charge is 0.424 e. The summed E-state index contributed by atoms with van der Waals surface area (Å²) < 4.78 is 5.34. The third-order valence-electron chi connectivity index (χ3n) is 1.58. The molecule has 1 aromatic heterocycles. The highest BCUT2D eigenvalue weighted by molar-refractivity contribution is 4.81. The molecule has 1 rings (SSSR count). The molecule has 0 amide bonds. The van der Waals surface area contributed by atoms with Gasteiger partial charge in [0, 0.05) is 6.42 Å². The van der Waals surface area contributed by atoms with Gasteiger partial charge in [0.1, 0.15) is 0 Å². The second kappa shape index (κ2) is 4.87. The smallest absolute Gasteiger partial charge is 0.230 e. The van der Waals surface area contributed by atoms with Gasteiger partial charge in [-0.25, -0.2) is 0 Å². The van der Waals surface area contributed by atoms with Gasteiger partial charge in [-0.3, -0.25) is 0 Å². The summed E-state index contributed by atoms with van der Waals surface area (Å²) in [6.45, 7) is 2.80. The van der Waals surface area contributed by atoms with E-state index in [0.717, 1.165) is 25.2 Å². The zero-order chi connectivity index (χ0) is 8.81. The van der Waals surface area contributed by atoms with Crippen molar-refractivity contribution in [3.63, 3.8) is 0 Å². The van der Waals surface area contributed by atoms with Crippen LogP contribution in [0.25, 0.3) is 0 Å². The third-order valence-corrected chi connectivity index (χ3v) is 1.58. The second-order valence-corrected chi connectivity index (χ2v) is 2.72. The number of aryl methyl sites for hydroxylation is 1. The van der Waals surface area contributed by atoms with Gasteiger partial charge in [0.25, 0.3) is 0 Å². The van der Waals surface area contributed by atoms with E-state index in [2.05, 4.69) is 22.4 Å². The minimum Gasteiger partial charge on any atom is -0.424 e. The number of hydrogen-bond acceptors (Lipinski definition) is 4. The van der Waals surface area contributed by atoms with Gasteiger partial charge in [-0.05, 0) is 13.5 Å². The summed E-state index contributed by atoms with van der Waals surface area (Å²) in [4.78, 5) is 0. The fraction of sp³-hybridized carbons (Fsp3) is 0.750. The van der Waals surface area contributed by atoms with Gasteiger partial charge in [0.2, 0.25) is 11.8 Å². The summed E-state index contributed by atoms with van der Waals surface area (Å²) in [6, 6.07) is 0. The molecule has 0 atom stereocenters. The molecule has 0 bridgehead atoms. The summed E-state index contributed by atoms with van der Waals surface area (Å²) in [5.41, 5.74) is 0. The predicted molar refractivity (Wildman–Crippen MR) is 45.7 cm³/mol. The molecule has 4 heteroatoms. The van der Waals surface area contributed by atoms with E-state index in [4.69, 9.17) is 4.42 Å². The van der Waals surface area contributed by atoms with Crippen molar-refractivity contribution in [3.05, 3.63) is 11.8 Å². The third kappa shape index (κ3) is 2.62. The zero-order valence-electron chi connectivity index (χ0n) is 7.63. The van der Waals surface area contributed by atoms with E-state index in [-0.39, 0.29) is 0 Å². The first-order valence-electron chi connectivity index (χ1n) is 4.32. The van der Waals surface area contributed by atoms with Gasteiger partial charge >= 0.3 is 0 Å². The second-order valence-electron chi connectivity index (χ2n) is 2.72. The average Bonchev–Trinajstić information content (AvgIpc) is 2.50. The van der Waals surface area contributed by atoms with Crippen molar-refractivity contribution in [2.24, 2.45) is 0 Å². The van der Waals surface area contributed by atoms with E-state index in [0.29, 0.717) is 12.4 Å². The Morgan fingerprint density at radius 2 is 2.08 bits per heavy atom. The van der Waals surface area contributed by atoms with Gasteiger partial charge < -0.3 is 9.73 Å². The lowest BCUT2D eigenvalue weighted by Crippen LogP contribution is -2.04. The Hall–Kier alpha value is -0.900. The maximum absolute atomic E-state index is 5.34. The summed E-state index contributed by atoms with van der Waals surface area (Å²) in [6.07, 6.45) is 3.16. The van der Waals surface area contributed by atoms with E-state index in [9.17, 15) is 0 Å². The lowest BCUT2D eigenvalue weighted by molar-refractivity contribution is 0.434. The van der Waals surface area contributed by atoms with Crippen LogP contribution in [0.2, 0.25) is 0 Å². The minimum absolute atomic E-state index is 0.652. The van der Waals surface area contributed by atoms with Crippen LogP contribution in [0.3, 0.4) is 0 Å². The molecule has 0 saturated heterocycles. The topological polar surface area (TPSA) is 51.0 Å². The molecule has 0 aromatic carbocycles. The molecule has 68 valence electrons. The van der Waals surface area contributed by atoms with E-state index in [1.54, 1.807) is 0 Å². The number of aromatic nitrogens is 2. The van der Waals surface area contributed by atoms with Gasteiger partial charge in [-0.1, -0.05) is 13.3 Å². The van der Waals surface area contributed by atoms with Crippen LogP contribution in [0.15, 0.2) is 4.42 Å². The summed E-state index contributed by atoms with van der Waals surface area (Å²) in [7, 11) is 1.86. The molecule has 0 aliphatic heterocycles. The van der Waals surface area contributed by atoms with E-state index >= 15 is 0 Å². The molecular weight excluding hydrogens is 154 g/mol. The Balaban J connectivity index is 2.41. The van der Waals surface area contributed by atoms with Crippen molar-refractivity contribution in [1.29, 1.82) is 0 Å². The summed E-state index contributed by atoms with van der Waals surface area (Å²) in [5, 5.41) is 10.8. The first-order chi connectivity index (χ1) is 5.86. The molecule has 1 N–H and O–H groups in total. The number of rotatable bonds is 5. The molecule has 0 fully saturated rings. The molecule has 1 aromatic rings. The molecule has 0 spiro atoms. The maximum atomic E-state index is 5.34. The van der Waals surface area contributed by atoms with Crippen molar-refractivity contribution in [1.82, 2.24) is 15.5 Å². The Morgan fingerprint density at radius 1 is 1.33 bits per heavy atom. The van der Waals surface area contributed by atoms with Crippen LogP contribution in [0, 0.1) is 0 Å². The molecule has 0 aliphatic rings. The van der Waals surface area contributed by atoms with Gasteiger partial charge in [0.15, 0.2) is 0 Å². The molecule has 0 unspecified atom stereocenters. The van der Waals surface area contributed by atoms with Gasteiger partial charge in [0.05, 0.1) is 6.54 Å². The van der Waals surface area contributed by atoms with Crippen molar-refractivity contribution in [2.75, 3.05) is 7.05 Å². The first-order valence-corrected chi connectivity index (χ1v) is 4.32. The fourth-order valence-corrected chi connectivity index (χ4v) is 0.940. The predicted octanol–water partition coefficient (Wildman–Crippen LogP) is 1.13. The Kier molecular flexibility index (Phi) is 3.73. The number of nitrogens with zero attached hydrogens (tertiary/aromatic N) is 2. The van der Waals surface area contributed by atoms with Crippen LogP contribution in [-0.4, -0.2) is 17.2 Å². The van der Waals surface area contributed by atoms with Gasteiger partial charge in [-0.2, -0.15) is 0 Å². The lowest BCUT2D eigenvalue weighted by Gasteiger charge is -1.90. The minimum atomic E-state index is 0.652. The normalized spacial score (nSPS) is 10.5. The molecule has 0 aliphatic carbocycles. The van der Waals surface area contributed by atoms with E-state index in [1.165, 1.54) is 0 Å². The summed E-state index contributed by atoms with van der Waals surface area (Å²) >= 11 is 0. The van der Waals surface area contributed by atoms with Crippen molar-refractivity contribution in [2.45, 2.75) is 32.7 Å². The van der Waals surface area contributed by atoms with Crippen molar-refractivity contribution in [3.8, 4) is 0 Å². The molecule has 1 heterocycles. The monoisotopic (exact) mass is 169 g/mol. The van der Waals surface area contributed by atoms with Crippen LogP contribution in [0.4, 0.5) is 0 Å². The highest BCUT2D eigenvalue weighted by atomic mass is 16.4. The van der Waals surface area contributed by atoms with Crippen LogP contribution < -0.4 is 5.32 Å². The quantitative estimate of drug-likeness (QED) is 0.718. The van der Waals surface area contributed by atoms with Gasteiger partial charge in [-0.15, -0.1) is 10.2 Å². The lowest BCUT2D eigenvalue weighted by atomic mass is 10.2. The molecular formula is C8H15N3O. The van der Waals surface area contributed by atoms with Crippen LogP contribution in [0.1, 0.15) is 31.5 Å². The standard InChI is InChI=1S/C8H15N3O/c1-3-4-5-7-10-11-8(12-7)6-9-2/h9H,3-6H2,1-2H3. The highest BCUT2D eigenvalue weighted by Crippen LogP contribution is 2.03. The van der Waals surface area contributed by atoms with Crippen LogP contribution >= 0.6 is 0 Å². The highest BCUT2D eigenvalue weighted by Gasteiger charge is 2.03. The Labute approximate surface area is 72.4 Å².